The highest BCUT2D eigenvalue weighted by atomic mass is 19.1. The summed E-state index contributed by atoms with van der Waals surface area (Å²) in [5.74, 6) is -0.140. The van der Waals surface area contributed by atoms with Crippen LogP contribution in [-0.4, -0.2) is 25.0 Å². The number of nitrogen functional groups attached to an aromatic ring is 1. The molecule has 1 spiro atoms. The Morgan fingerprint density at radius 2 is 2.10 bits per heavy atom. The summed E-state index contributed by atoms with van der Waals surface area (Å²) in [6.07, 6.45) is 5.00. The molecule has 21 heavy (non-hydrogen) atoms. The van der Waals surface area contributed by atoms with Gasteiger partial charge in [0.05, 0.1) is 24.6 Å². The molecular weight excluding hydrogens is 271 g/mol. The Bertz CT molecular complexity index is 596. The highest BCUT2D eigenvalue weighted by Gasteiger charge is 2.48. The van der Waals surface area contributed by atoms with Crippen LogP contribution in [0.5, 0.6) is 0 Å². The first kappa shape index (κ1) is 13.1. The average Bonchev–Trinajstić information content (AvgIpc) is 3.10. The van der Waals surface area contributed by atoms with Crippen LogP contribution in [0.1, 0.15) is 19.3 Å². The predicted octanol–water partition coefficient (Wildman–Crippen LogP) is 2.67. The second kappa shape index (κ2) is 4.71. The molecule has 5 heteroatoms. The van der Waals surface area contributed by atoms with E-state index in [1.54, 1.807) is 6.07 Å². The molecule has 2 fully saturated rings. The lowest BCUT2D eigenvalue weighted by atomic mass is 10.0. The van der Waals surface area contributed by atoms with Crippen molar-refractivity contribution in [2.45, 2.75) is 31.1 Å². The minimum atomic E-state index is -0.362. The Kier molecular flexibility index (Phi) is 2.94. The van der Waals surface area contributed by atoms with Crippen LogP contribution in [-0.2, 0) is 9.47 Å². The number of fused-ring (bicyclic) bond motifs is 1. The van der Waals surface area contributed by atoms with Crippen molar-refractivity contribution in [3.05, 3.63) is 35.7 Å². The van der Waals surface area contributed by atoms with Gasteiger partial charge in [-0.1, -0.05) is 11.6 Å². The third-order valence-corrected chi connectivity index (χ3v) is 4.68. The summed E-state index contributed by atoms with van der Waals surface area (Å²) in [4.78, 5) is 0. The van der Waals surface area contributed by atoms with Gasteiger partial charge in [0.25, 0.3) is 0 Å². The summed E-state index contributed by atoms with van der Waals surface area (Å²) in [5.41, 5.74) is 8.52. The van der Waals surface area contributed by atoms with Crippen molar-refractivity contribution in [2.24, 2.45) is 5.92 Å². The standard InChI is InChI=1S/C16H19FN2O2/c17-12-1-2-14(18)15(7-12)19-13-5-10-8-16(9-11(10)6-13)20-3-4-21-16/h1-2,5,7,11,13,19H,3-4,6,8-9,18H2/t11-,13+/m0/s1. The van der Waals surface area contributed by atoms with Gasteiger partial charge in [0.15, 0.2) is 5.79 Å². The highest BCUT2D eigenvalue weighted by molar-refractivity contribution is 5.66. The van der Waals surface area contributed by atoms with Crippen molar-refractivity contribution in [3.8, 4) is 0 Å². The predicted molar refractivity (Wildman–Crippen MR) is 78.3 cm³/mol. The number of nitrogens with two attached hydrogens (primary N) is 1. The first-order valence-electron chi connectivity index (χ1n) is 7.44. The molecule has 4 nitrogen and oxygen atoms in total. The van der Waals surface area contributed by atoms with Gasteiger partial charge >= 0.3 is 0 Å². The minimum Gasteiger partial charge on any atom is -0.397 e. The van der Waals surface area contributed by atoms with Crippen LogP contribution in [0, 0.1) is 11.7 Å². The average molecular weight is 290 g/mol. The fourth-order valence-corrected chi connectivity index (χ4v) is 3.77. The first-order chi connectivity index (χ1) is 10.1. The van der Waals surface area contributed by atoms with E-state index in [1.807, 2.05) is 0 Å². The van der Waals surface area contributed by atoms with Crippen molar-refractivity contribution in [1.29, 1.82) is 0 Å². The number of benzene rings is 1. The molecule has 2 aliphatic carbocycles. The normalized spacial score (nSPS) is 29.7. The van der Waals surface area contributed by atoms with Gasteiger partial charge in [-0.2, -0.15) is 0 Å². The molecule has 0 bridgehead atoms. The summed E-state index contributed by atoms with van der Waals surface area (Å²) in [6, 6.07) is 4.62. The fourth-order valence-electron chi connectivity index (χ4n) is 3.77. The number of rotatable bonds is 2. The van der Waals surface area contributed by atoms with Gasteiger partial charge < -0.3 is 20.5 Å². The van der Waals surface area contributed by atoms with E-state index < -0.39 is 0 Å². The van der Waals surface area contributed by atoms with Crippen molar-refractivity contribution >= 4 is 11.4 Å². The van der Waals surface area contributed by atoms with E-state index in [4.69, 9.17) is 15.2 Å². The van der Waals surface area contributed by atoms with Gasteiger partial charge in [0, 0.05) is 18.9 Å². The van der Waals surface area contributed by atoms with Crippen LogP contribution in [0.4, 0.5) is 15.8 Å². The minimum absolute atomic E-state index is 0.202. The van der Waals surface area contributed by atoms with Gasteiger partial charge in [-0.15, -0.1) is 0 Å². The Morgan fingerprint density at radius 3 is 2.86 bits per heavy atom. The van der Waals surface area contributed by atoms with Crippen molar-refractivity contribution in [1.82, 2.24) is 0 Å². The summed E-state index contributed by atoms with van der Waals surface area (Å²) >= 11 is 0. The molecule has 4 rings (SSSR count). The monoisotopic (exact) mass is 290 g/mol. The molecule has 0 amide bonds. The van der Waals surface area contributed by atoms with E-state index in [0.29, 0.717) is 30.5 Å². The lowest BCUT2D eigenvalue weighted by molar-refractivity contribution is -0.151. The Balaban J connectivity index is 1.48. The van der Waals surface area contributed by atoms with Crippen LogP contribution in [0.15, 0.2) is 29.8 Å². The second-order valence-corrected chi connectivity index (χ2v) is 6.15. The van der Waals surface area contributed by atoms with E-state index in [9.17, 15) is 4.39 Å². The summed E-state index contributed by atoms with van der Waals surface area (Å²) < 4.78 is 24.9. The van der Waals surface area contributed by atoms with Crippen molar-refractivity contribution < 1.29 is 13.9 Å². The SMILES string of the molecule is Nc1ccc(F)cc1N[C@@H]1C=C2CC3(C[C@@H]2C1)OCCO3. The largest absolute Gasteiger partial charge is 0.397 e. The smallest absolute Gasteiger partial charge is 0.172 e. The third-order valence-electron chi connectivity index (χ3n) is 4.68. The summed E-state index contributed by atoms with van der Waals surface area (Å²) in [6.45, 7) is 1.39. The number of hydrogen-bond donors (Lipinski definition) is 2. The highest BCUT2D eigenvalue weighted by Crippen LogP contribution is 2.49. The van der Waals surface area contributed by atoms with Gasteiger partial charge in [-0.05, 0) is 30.5 Å². The number of halogens is 1. The maximum Gasteiger partial charge on any atom is 0.172 e. The first-order valence-corrected chi connectivity index (χ1v) is 7.44. The van der Waals surface area contributed by atoms with E-state index in [1.165, 1.54) is 17.7 Å². The molecule has 0 radical (unpaired) electrons. The molecule has 1 aliphatic heterocycles. The van der Waals surface area contributed by atoms with Gasteiger partial charge in [-0.25, -0.2) is 4.39 Å². The maximum atomic E-state index is 13.3. The number of ether oxygens (including phenoxy) is 2. The Hall–Kier alpha value is -1.59. The topological polar surface area (TPSA) is 56.5 Å². The van der Waals surface area contributed by atoms with Crippen molar-refractivity contribution in [3.63, 3.8) is 0 Å². The molecule has 1 saturated carbocycles. The van der Waals surface area contributed by atoms with Crippen LogP contribution in [0.3, 0.4) is 0 Å². The zero-order valence-corrected chi connectivity index (χ0v) is 11.8. The summed E-state index contributed by atoms with van der Waals surface area (Å²) in [7, 11) is 0. The maximum absolute atomic E-state index is 13.3. The van der Waals surface area contributed by atoms with Crippen LogP contribution in [0.2, 0.25) is 0 Å². The third kappa shape index (κ3) is 2.30. The zero-order chi connectivity index (χ0) is 14.4. The second-order valence-electron chi connectivity index (χ2n) is 6.15. The van der Waals surface area contributed by atoms with E-state index in [-0.39, 0.29) is 17.6 Å². The molecule has 1 heterocycles. The lowest BCUT2D eigenvalue weighted by Gasteiger charge is -2.23. The van der Waals surface area contributed by atoms with Crippen LogP contribution in [0.25, 0.3) is 0 Å². The zero-order valence-electron chi connectivity index (χ0n) is 11.8. The Morgan fingerprint density at radius 1 is 1.29 bits per heavy atom. The van der Waals surface area contributed by atoms with Crippen LogP contribution < -0.4 is 11.1 Å². The van der Waals surface area contributed by atoms with E-state index in [0.717, 1.165) is 19.3 Å². The van der Waals surface area contributed by atoms with Gasteiger partial charge in [0.2, 0.25) is 0 Å². The molecule has 2 atom stereocenters. The molecule has 0 aromatic heterocycles. The number of anilines is 2. The quantitative estimate of drug-likeness (QED) is 0.649. The molecule has 1 aromatic carbocycles. The molecule has 0 unspecified atom stereocenters. The number of hydrogen-bond acceptors (Lipinski definition) is 4. The molecule has 3 aliphatic rings. The lowest BCUT2D eigenvalue weighted by Crippen LogP contribution is -2.27. The molecular formula is C16H19FN2O2. The summed E-state index contributed by atoms with van der Waals surface area (Å²) in [5, 5.41) is 3.33. The Labute approximate surface area is 123 Å². The van der Waals surface area contributed by atoms with Crippen LogP contribution >= 0.6 is 0 Å². The number of nitrogens with one attached hydrogen (secondary N) is 1. The molecule has 112 valence electrons. The van der Waals surface area contributed by atoms with Crippen molar-refractivity contribution in [2.75, 3.05) is 24.3 Å². The van der Waals surface area contributed by atoms with E-state index >= 15 is 0 Å². The molecule has 3 N–H and O–H groups in total. The van der Waals surface area contributed by atoms with Gasteiger partial charge in [0.1, 0.15) is 5.82 Å². The fraction of sp³-hybridized carbons (Fsp3) is 0.500. The molecule has 1 saturated heterocycles. The molecule has 1 aromatic rings. The van der Waals surface area contributed by atoms with E-state index in [2.05, 4.69) is 11.4 Å². The van der Waals surface area contributed by atoms with Gasteiger partial charge in [-0.3, -0.25) is 0 Å².